The number of carbonyl (C=O) groups is 2. The van der Waals surface area contributed by atoms with Gasteiger partial charge in [0.1, 0.15) is 0 Å². The Morgan fingerprint density at radius 2 is 1.88 bits per heavy atom. The van der Waals surface area contributed by atoms with Crippen molar-refractivity contribution in [3.63, 3.8) is 0 Å². The highest BCUT2D eigenvalue weighted by Crippen LogP contribution is 2.29. The summed E-state index contributed by atoms with van der Waals surface area (Å²) in [6.45, 7) is 2.82. The first-order chi connectivity index (χ1) is 15.5. The van der Waals surface area contributed by atoms with Crippen molar-refractivity contribution in [2.45, 2.75) is 70.9 Å². The van der Waals surface area contributed by atoms with E-state index < -0.39 is 12.1 Å². The van der Waals surface area contributed by atoms with Crippen LogP contribution in [0.3, 0.4) is 0 Å². The number of carboxylic acid groups (broad SMARTS) is 1. The summed E-state index contributed by atoms with van der Waals surface area (Å²) >= 11 is 1.67. The van der Waals surface area contributed by atoms with Gasteiger partial charge in [0.15, 0.2) is 6.10 Å². The van der Waals surface area contributed by atoms with Gasteiger partial charge in [-0.3, -0.25) is 4.79 Å². The average Bonchev–Trinajstić information content (AvgIpc) is 3.26. The van der Waals surface area contributed by atoms with Gasteiger partial charge in [0.25, 0.3) is 0 Å². The summed E-state index contributed by atoms with van der Waals surface area (Å²) in [5.74, 6) is 0.0321. The van der Waals surface area contributed by atoms with Gasteiger partial charge in [-0.25, -0.2) is 4.79 Å². The molecule has 1 atom stereocenters. The normalized spacial score (nSPS) is 15.4. The Morgan fingerprint density at radius 1 is 1.16 bits per heavy atom. The van der Waals surface area contributed by atoms with Crippen LogP contribution in [0.25, 0.3) is 11.1 Å². The zero-order valence-corrected chi connectivity index (χ0v) is 20.0. The van der Waals surface area contributed by atoms with Crippen LogP contribution in [0.15, 0.2) is 35.7 Å². The van der Waals surface area contributed by atoms with Crippen LogP contribution in [0.4, 0.5) is 0 Å². The largest absolute Gasteiger partial charge is 0.479 e. The summed E-state index contributed by atoms with van der Waals surface area (Å²) in [6.07, 6.45) is 7.78. The second-order valence-electron chi connectivity index (χ2n) is 8.78. The third-order valence-corrected chi connectivity index (χ3v) is 7.24. The lowest BCUT2D eigenvalue weighted by atomic mass is 9.86. The number of nitrogens with zero attached hydrogens (tertiary/aromatic N) is 1. The summed E-state index contributed by atoms with van der Waals surface area (Å²) < 4.78 is 5.30. The highest BCUT2D eigenvalue weighted by molar-refractivity contribution is 7.10. The molecule has 174 valence electrons. The number of thiophene rings is 1. The van der Waals surface area contributed by atoms with Gasteiger partial charge in [-0.1, -0.05) is 56.4 Å². The minimum Gasteiger partial charge on any atom is -0.479 e. The van der Waals surface area contributed by atoms with Crippen molar-refractivity contribution in [2.24, 2.45) is 5.92 Å². The molecule has 0 spiro atoms. The Balaban J connectivity index is 1.52. The highest BCUT2D eigenvalue weighted by atomic mass is 32.1. The van der Waals surface area contributed by atoms with E-state index >= 15 is 0 Å². The molecule has 1 saturated carbocycles. The second-order valence-corrected chi connectivity index (χ2v) is 9.77. The molecule has 6 heteroatoms. The van der Waals surface area contributed by atoms with Crippen LogP contribution in [0.1, 0.15) is 62.3 Å². The van der Waals surface area contributed by atoms with Gasteiger partial charge in [-0.05, 0) is 47.4 Å². The van der Waals surface area contributed by atoms with Crippen molar-refractivity contribution in [1.82, 2.24) is 4.90 Å². The van der Waals surface area contributed by atoms with Crippen molar-refractivity contribution >= 4 is 23.2 Å². The van der Waals surface area contributed by atoms with Gasteiger partial charge in [0.2, 0.25) is 5.91 Å². The zero-order chi connectivity index (χ0) is 22.9. The minimum absolute atomic E-state index is 0.233. The van der Waals surface area contributed by atoms with E-state index in [1.165, 1.54) is 37.0 Å². The Hall–Kier alpha value is -2.18. The van der Waals surface area contributed by atoms with Crippen molar-refractivity contribution in [2.75, 3.05) is 13.7 Å². The number of amides is 1. The zero-order valence-electron chi connectivity index (χ0n) is 19.2. The Bertz CT molecular complexity index is 870. The fourth-order valence-corrected chi connectivity index (χ4v) is 5.34. The maximum absolute atomic E-state index is 12.6. The summed E-state index contributed by atoms with van der Waals surface area (Å²) in [6, 6.07) is 10.1. The van der Waals surface area contributed by atoms with Crippen molar-refractivity contribution in [3.8, 4) is 11.1 Å². The van der Waals surface area contributed by atoms with Gasteiger partial charge >= 0.3 is 5.97 Å². The highest BCUT2D eigenvalue weighted by Gasteiger charge is 2.19. The first-order valence-corrected chi connectivity index (χ1v) is 12.6. The van der Waals surface area contributed by atoms with Crippen molar-refractivity contribution < 1.29 is 19.4 Å². The van der Waals surface area contributed by atoms with Crippen LogP contribution in [-0.2, 0) is 27.3 Å². The molecule has 1 unspecified atom stereocenters. The quantitative estimate of drug-likeness (QED) is 0.465. The molecule has 32 heavy (non-hydrogen) atoms. The number of benzene rings is 1. The number of carboxylic acids is 1. The number of hydrogen-bond donors (Lipinski definition) is 1. The Kier molecular flexibility index (Phi) is 9.30. The van der Waals surface area contributed by atoms with E-state index in [0.717, 1.165) is 29.0 Å². The predicted octanol–water partition coefficient (Wildman–Crippen LogP) is 5.77. The van der Waals surface area contributed by atoms with Crippen LogP contribution in [-0.4, -0.2) is 41.6 Å². The monoisotopic (exact) mass is 457 g/mol. The van der Waals surface area contributed by atoms with E-state index in [-0.39, 0.29) is 5.91 Å². The van der Waals surface area contributed by atoms with Crippen LogP contribution < -0.4 is 0 Å². The van der Waals surface area contributed by atoms with Crippen molar-refractivity contribution in [1.29, 1.82) is 0 Å². The molecule has 5 nitrogen and oxygen atoms in total. The Labute approximate surface area is 195 Å². The van der Waals surface area contributed by atoms with E-state index in [1.54, 1.807) is 18.3 Å². The maximum Gasteiger partial charge on any atom is 0.333 e. The molecule has 1 amide bonds. The lowest BCUT2D eigenvalue weighted by molar-refractivity contribution is -0.150. The molecule has 1 aromatic heterocycles. The lowest BCUT2D eigenvalue weighted by Gasteiger charge is -2.22. The van der Waals surface area contributed by atoms with Gasteiger partial charge < -0.3 is 14.7 Å². The molecule has 0 aliphatic heterocycles. The van der Waals surface area contributed by atoms with Gasteiger partial charge in [-0.2, -0.15) is 0 Å². The first kappa shape index (κ1) is 24.5. The molecule has 1 N–H and O–H groups in total. The molecule has 1 aromatic carbocycles. The Morgan fingerprint density at radius 3 is 2.53 bits per heavy atom. The summed E-state index contributed by atoms with van der Waals surface area (Å²) in [5.41, 5.74) is 3.15. The summed E-state index contributed by atoms with van der Waals surface area (Å²) in [4.78, 5) is 26.9. The van der Waals surface area contributed by atoms with Crippen LogP contribution in [0.5, 0.6) is 0 Å². The fraction of sp³-hybridized carbons (Fsp3) is 0.538. The first-order valence-electron chi connectivity index (χ1n) is 11.7. The molecule has 0 saturated heterocycles. The summed E-state index contributed by atoms with van der Waals surface area (Å²) in [7, 11) is 1.90. The molecule has 0 radical (unpaired) electrons. The molecule has 1 aliphatic carbocycles. The molecule has 1 fully saturated rings. The second kappa shape index (κ2) is 12.2. The van der Waals surface area contributed by atoms with Gasteiger partial charge in [-0.15, -0.1) is 11.3 Å². The average molecular weight is 458 g/mol. The lowest BCUT2D eigenvalue weighted by Crippen LogP contribution is -2.26. The van der Waals surface area contributed by atoms with Crippen LogP contribution in [0, 0.1) is 5.92 Å². The van der Waals surface area contributed by atoms with Crippen molar-refractivity contribution in [3.05, 3.63) is 46.2 Å². The van der Waals surface area contributed by atoms with E-state index in [1.807, 2.05) is 36.2 Å². The number of ether oxygens (including phenoxy) is 1. The van der Waals surface area contributed by atoms with Gasteiger partial charge in [0.05, 0.1) is 6.54 Å². The topological polar surface area (TPSA) is 66.8 Å². The molecular weight excluding hydrogens is 422 g/mol. The molecule has 0 bridgehead atoms. The van der Waals surface area contributed by atoms with Crippen LogP contribution in [0.2, 0.25) is 0 Å². The third kappa shape index (κ3) is 7.17. The summed E-state index contributed by atoms with van der Waals surface area (Å²) in [5, 5.41) is 11.4. The van der Waals surface area contributed by atoms with Crippen LogP contribution >= 0.6 is 11.3 Å². The van der Waals surface area contributed by atoms with E-state index in [9.17, 15) is 14.7 Å². The molecule has 1 aliphatic rings. The van der Waals surface area contributed by atoms with Gasteiger partial charge in [0, 0.05) is 31.4 Å². The molecule has 2 aromatic rings. The molecule has 1 heterocycles. The van der Waals surface area contributed by atoms with E-state index in [0.29, 0.717) is 26.0 Å². The number of carbonyl (C=O) groups excluding carboxylic acids is 1. The van der Waals surface area contributed by atoms with E-state index in [2.05, 4.69) is 11.4 Å². The SMILES string of the molecule is CCOC(Cc1ccc(-c2csc(CN(C)C(=O)CCC3CCCCC3)c2)cc1)C(=O)O. The number of hydrogen-bond acceptors (Lipinski definition) is 4. The van der Waals surface area contributed by atoms with E-state index in [4.69, 9.17) is 4.74 Å². The number of rotatable bonds is 11. The predicted molar refractivity (Wildman–Crippen MR) is 129 cm³/mol. The smallest absolute Gasteiger partial charge is 0.333 e. The minimum atomic E-state index is -0.934. The maximum atomic E-state index is 12.6. The molecular formula is C26H35NO4S. The standard InChI is InChI=1S/C26H35NO4S/c1-3-31-24(26(29)30)15-20-9-12-21(13-10-20)22-16-23(32-18-22)17-27(2)25(28)14-11-19-7-5-4-6-8-19/h9-10,12-13,16,18-19,24H,3-8,11,14-15,17H2,1-2H3,(H,29,30). The third-order valence-electron chi connectivity index (χ3n) is 6.32. The molecule has 3 rings (SSSR count). The fourth-order valence-electron chi connectivity index (χ4n) is 4.40. The number of aliphatic carboxylic acids is 1.